The molecule has 1 aliphatic rings. The third-order valence-electron chi connectivity index (χ3n) is 3.95. The van der Waals surface area contributed by atoms with Crippen molar-refractivity contribution in [1.29, 1.82) is 0 Å². The number of aryl methyl sites for hydroxylation is 1. The van der Waals surface area contributed by atoms with Crippen LogP contribution < -0.4 is 5.32 Å². The lowest BCUT2D eigenvalue weighted by Crippen LogP contribution is -2.35. The molecule has 1 fully saturated rings. The third kappa shape index (κ3) is 4.32. The van der Waals surface area contributed by atoms with E-state index in [2.05, 4.69) is 28.7 Å². The Morgan fingerprint density at radius 1 is 1.32 bits per heavy atom. The molecule has 0 unspecified atom stereocenters. The molecule has 1 aliphatic carbocycles. The maximum Gasteiger partial charge on any atom is 0.134 e. The molecule has 0 radical (unpaired) electrons. The zero-order chi connectivity index (χ0) is 13.5. The molecule has 1 aromatic rings. The van der Waals surface area contributed by atoms with Gasteiger partial charge in [0.25, 0.3) is 0 Å². The fraction of sp³-hybridized carbons (Fsp3) is 0.800. The Labute approximate surface area is 116 Å². The predicted octanol–water partition coefficient (Wildman–Crippen LogP) is 2.73. The molecule has 108 valence electrons. The van der Waals surface area contributed by atoms with Crippen molar-refractivity contribution in [3.8, 4) is 0 Å². The summed E-state index contributed by atoms with van der Waals surface area (Å²) in [5.41, 5.74) is 0. The average Bonchev–Trinajstić information content (AvgIpc) is 2.91. The lowest BCUT2D eigenvalue weighted by Gasteiger charge is -2.29. The first-order valence-corrected chi connectivity index (χ1v) is 7.68. The second kappa shape index (κ2) is 7.65. The lowest BCUT2D eigenvalue weighted by atomic mass is 9.93. The summed E-state index contributed by atoms with van der Waals surface area (Å²) in [5.74, 6) is 1.05. The number of hydrogen-bond donors (Lipinski definition) is 1. The van der Waals surface area contributed by atoms with Gasteiger partial charge in [-0.15, -0.1) is 0 Å². The van der Waals surface area contributed by atoms with Gasteiger partial charge in [-0.1, -0.05) is 6.92 Å². The third-order valence-corrected chi connectivity index (χ3v) is 3.95. The van der Waals surface area contributed by atoms with E-state index < -0.39 is 0 Å². The van der Waals surface area contributed by atoms with E-state index in [-0.39, 0.29) is 0 Å². The number of nitrogens with zero attached hydrogens (tertiary/aromatic N) is 2. The van der Waals surface area contributed by atoms with Crippen LogP contribution in [0, 0.1) is 0 Å². The number of hydrogen-bond acceptors (Lipinski definition) is 3. The standard InChI is InChI=1S/C15H27N3O/c1-3-9-16-13-5-7-14(8-6-13)19-12-15-17-10-11-18(15)4-2/h10-11,13-14,16H,3-9,12H2,1-2H3. The molecular weight excluding hydrogens is 238 g/mol. The second-order valence-corrected chi connectivity index (χ2v) is 5.37. The smallest absolute Gasteiger partial charge is 0.134 e. The summed E-state index contributed by atoms with van der Waals surface area (Å²) in [5, 5.41) is 3.61. The first-order chi connectivity index (χ1) is 9.33. The van der Waals surface area contributed by atoms with Crippen LogP contribution in [0.15, 0.2) is 12.4 Å². The molecule has 0 saturated heterocycles. The summed E-state index contributed by atoms with van der Waals surface area (Å²) in [7, 11) is 0. The van der Waals surface area contributed by atoms with Crippen molar-refractivity contribution in [1.82, 2.24) is 14.9 Å². The van der Waals surface area contributed by atoms with Gasteiger partial charge < -0.3 is 14.6 Å². The molecule has 0 atom stereocenters. The monoisotopic (exact) mass is 265 g/mol. The molecule has 0 spiro atoms. The van der Waals surface area contributed by atoms with Gasteiger partial charge in [0.1, 0.15) is 12.4 Å². The second-order valence-electron chi connectivity index (χ2n) is 5.37. The number of rotatable bonds is 7. The van der Waals surface area contributed by atoms with Crippen molar-refractivity contribution in [2.45, 2.75) is 71.2 Å². The summed E-state index contributed by atoms with van der Waals surface area (Å²) in [6, 6.07) is 0.706. The van der Waals surface area contributed by atoms with Crippen molar-refractivity contribution >= 4 is 0 Å². The minimum Gasteiger partial charge on any atom is -0.370 e. The summed E-state index contributed by atoms with van der Waals surface area (Å²) in [6.45, 7) is 7.11. The molecule has 4 heteroatoms. The largest absolute Gasteiger partial charge is 0.370 e. The Morgan fingerprint density at radius 3 is 2.79 bits per heavy atom. The maximum absolute atomic E-state index is 6.01. The molecular formula is C15H27N3O. The molecule has 0 bridgehead atoms. The van der Waals surface area contributed by atoms with Crippen molar-refractivity contribution in [3.63, 3.8) is 0 Å². The maximum atomic E-state index is 6.01. The van der Waals surface area contributed by atoms with Gasteiger partial charge in [0.15, 0.2) is 0 Å². The normalized spacial score (nSPS) is 23.7. The van der Waals surface area contributed by atoms with Gasteiger partial charge in [-0.05, 0) is 45.6 Å². The van der Waals surface area contributed by atoms with Gasteiger partial charge in [-0.25, -0.2) is 4.98 Å². The summed E-state index contributed by atoms with van der Waals surface area (Å²) in [6.07, 6.45) is 10.3. The molecule has 2 rings (SSSR count). The van der Waals surface area contributed by atoms with E-state index in [9.17, 15) is 0 Å². The van der Waals surface area contributed by atoms with Gasteiger partial charge in [0, 0.05) is 25.0 Å². The highest BCUT2D eigenvalue weighted by atomic mass is 16.5. The van der Waals surface area contributed by atoms with Crippen LogP contribution in [0.1, 0.15) is 51.8 Å². The van der Waals surface area contributed by atoms with E-state index >= 15 is 0 Å². The van der Waals surface area contributed by atoms with E-state index in [1.807, 2.05) is 12.4 Å². The Balaban J connectivity index is 1.68. The predicted molar refractivity (Wildman–Crippen MR) is 77.0 cm³/mol. The molecule has 1 aromatic heterocycles. The van der Waals surface area contributed by atoms with Crippen LogP contribution in [-0.2, 0) is 17.9 Å². The van der Waals surface area contributed by atoms with Crippen molar-refractivity contribution in [2.75, 3.05) is 6.54 Å². The van der Waals surface area contributed by atoms with Crippen LogP contribution in [0.4, 0.5) is 0 Å². The Hall–Kier alpha value is -0.870. The van der Waals surface area contributed by atoms with Crippen LogP contribution >= 0.6 is 0 Å². The van der Waals surface area contributed by atoms with E-state index in [1.54, 1.807) is 0 Å². The first kappa shape index (κ1) is 14.5. The van der Waals surface area contributed by atoms with Crippen LogP contribution in [0.25, 0.3) is 0 Å². The minimum atomic E-state index is 0.418. The zero-order valence-corrected chi connectivity index (χ0v) is 12.3. The molecule has 4 nitrogen and oxygen atoms in total. The number of aromatic nitrogens is 2. The van der Waals surface area contributed by atoms with Crippen LogP contribution in [0.3, 0.4) is 0 Å². The summed E-state index contributed by atoms with van der Waals surface area (Å²) < 4.78 is 8.16. The SMILES string of the molecule is CCCNC1CCC(OCc2nccn2CC)CC1. The minimum absolute atomic E-state index is 0.418. The number of nitrogens with one attached hydrogen (secondary N) is 1. The van der Waals surface area contributed by atoms with Crippen molar-refractivity contribution in [2.24, 2.45) is 0 Å². The lowest BCUT2D eigenvalue weighted by molar-refractivity contribution is 0.00702. The van der Waals surface area contributed by atoms with Gasteiger partial charge in [-0.3, -0.25) is 0 Å². The molecule has 1 saturated carbocycles. The molecule has 0 amide bonds. The zero-order valence-electron chi connectivity index (χ0n) is 12.3. The highest BCUT2D eigenvalue weighted by Crippen LogP contribution is 2.22. The van der Waals surface area contributed by atoms with E-state index in [4.69, 9.17) is 4.74 Å². The van der Waals surface area contributed by atoms with Crippen molar-refractivity contribution < 1.29 is 4.74 Å². The van der Waals surface area contributed by atoms with Gasteiger partial charge >= 0.3 is 0 Å². The molecule has 19 heavy (non-hydrogen) atoms. The van der Waals surface area contributed by atoms with E-state index in [0.717, 1.165) is 18.9 Å². The fourth-order valence-electron chi connectivity index (χ4n) is 2.74. The Bertz CT molecular complexity index is 356. The number of ether oxygens (including phenoxy) is 1. The quantitative estimate of drug-likeness (QED) is 0.824. The van der Waals surface area contributed by atoms with E-state index in [0.29, 0.717) is 18.8 Å². The van der Waals surface area contributed by atoms with Crippen LogP contribution in [0.5, 0.6) is 0 Å². The number of imidazole rings is 1. The first-order valence-electron chi connectivity index (χ1n) is 7.68. The molecule has 0 aromatic carbocycles. The average molecular weight is 265 g/mol. The fourth-order valence-corrected chi connectivity index (χ4v) is 2.74. The summed E-state index contributed by atoms with van der Waals surface area (Å²) >= 11 is 0. The Morgan fingerprint density at radius 2 is 2.11 bits per heavy atom. The summed E-state index contributed by atoms with van der Waals surface area (Å²) in [4.78, 5) is 4.35. The molecule has 1 N–H and O–H groups in total. The van der Waals surface area contributed by atoms with Gasteiger partial charge in [0.05, 0.1) is 6.10 Å². The highest BCUT2D eigenvalue weighted by Gasteiger charge is 2.21. The molecule has 1 heterocycles. The highest BCUT2D eigenvalue weighted by molar-refractivity contribution is 4.90. The molecule has 0 aliphatic heterocycles. The topological polar surface area (TPSA) is 39.1 Å². The van der Waals surface area contributed by atoms with Crippen LogP contribution in [-0.4, -0.2) is 28.2 Å². The van der Waals surface area contributed by atoms with Gasteiger partial charge in [0.2, 0.25) is 0 Å². The van der Waals surface area contributed by atoms with Crippen LogP contribution in [0.2, 0.25) is 0 Å². The van der Waals surface area contributed by atoms with Crippen molar-refractivity contribution in [3.05, 3.63) is 18.2 Å². The van der Waals surface area contributed by atoms with Gasteiger partial charge in [-0.2, -0.15) is 0 Å². The Kier molecular flexibility index (Phi) is 5.86. The van der Waals surface area contributed by atoms with E-state index in [1.165, 1.54) is 32.1 Å².